The summed E-state index contributed by atoms with van der Waals surface area (Å²) in [5.41, 5.74) is 6.20. The highest BCUT2D eigenvalue weighted by molar-refractivity contribution is 8.00. The van der Waals surface area contributed by atoms with Crippen molar-refractivity contribution < 1.29 is 14.4 Å². The molecule has 7 heteroatoms. The normalized spacial score (nSPS) is 9.96. The Hall–Kier alpha value is -2.80. The summed E-state index contributed by atoms with van der Waals surface area (Å²) in [5.74, 6) is -0.997. The second kappa shape index (κ2) is 9.48. The van der Waals surface area contributed by atoms with Crippen molar-refractivity contribution in [3.63, 3.8) is 0 Å². The van der Waals surface area contributed by atoms with Crippen LogP contribution in [0.15, 0.2) is 59.5 Å². The SMILES string of the molecule is Cc1ccc(SCC(=O)NNC(=O)CNC(=O)c2ccccc2)cc1. The molecule has 0 saturated heterocycles. The van der Waals surface area contributed by atoms with E-state index in [0.29, 0.717) is 5.56 Å². The molecule has 25 heavy (non-hydrogen) atoms. The summed E-state index contributed by atoms with van der Waals surface area (Å²) in [6, 6.07) is 16.4. The van der Waals surface area contributed by atoms with Crippen LogP contribution < -0.4 is 16.2 Å². The number of benzene rings is 2. The largest absolute Gasteiger partial charge is 0.343 e. The number of hydrogen-bond acceptors (Lipinski definition) is 4. The van der Waals surface area contributed by atoms with Crippen LogP contribution in [0.1, 0.15) is 15.9 Å². The Morgan fingerprint density at radius 3 is 2.20 bits per heavy atom. The molecule has 0 unspecified atom stereocenters. The van der Waals surface area contributed by atoms with Gasteiger partial charge in [-0.15, -0.1) is 11.8 Å². The third-order valence-corrected chi connectivity index (χ3v) is 4.19. The Bertz CT molecular complexity index is 733. The summed E-state index contributed by atoms with van der Waals surface area (Å²) in [5, 5.41) is 2.48. The molecule has 0 radical (unpaired) electrons. The predicted molar refractivity (Wildman–Crippen MR) is 97.0 cm³/mol. The number of aryl methyl sites for hydroxylation is 1. The van der Waals surface area contributed by atoms with E-state index in [1.807, 2.05) is 31.2 Å². The fraction of sp³-hybridized carbons (Fsp3) is 0.167. The van der Waals surface area contributed by atoms with E-state index in [-0.39, 0.29) is 24.1 Å². The highest BCUT2D eigenvalue weighted by Gasteiger charge is 2.08. The highest BCUT2D eigenvalue weighted by atomic mass is 32.2. The van der Waals surface area contributed by atoms with Gasteiger partial charge >= 0.3 is 0 Å². The molecular formula is C18H19N3O3S. The maximum absolute atomic E-state index is 11.8. The van der Waals surface area contributed by atoms with Crippen molar-refractivity contribution in [3.8, 4) is 0 Å². The number of rotatable bonds is 6. The van der Waals surface area contributed by atoms with Crippen molar-refractivity contribution in [2.45, 2.75) is 11.8 Å². The van der Waals surface area contributed by atoms with Crippen LogP contribution >= 0.6 is 11.8 Å². The number of carbonyl (C=O) groups is 3. The molecule has 0 fully saturated rings. The summed E-state index contributed by atoms with van der Waals surface area (Å²) in [7, 11) is 0. The molecule has 2 aromatic rings. The zero-order valence-corrected chi connectivity index (χ0v) is 14.6. The molecule has 130 valence electrons. The topological polar surface area (TPSA) is 87.3 Å². The molecule has 0 bridgehead atoms. The number of carbonyl (C=O) groups excluding carboxylic acids is 3. The van der Waals surface area contributed by atoms with Crippen LogP contribution in [0, 0.1) is 6.92 Å². The molecular weight excluding hydrogens is 338 g/mol. The summed E-state index contributed by atoms with van der Waals surface area (Å²) >= 11 is 1.37. The first-order valence-electron chi connectivity index (χ1n) is 7.65. The first-order chi connectivity index (χ1) is 12.0. The Kier molecular flexibility index (Phi) is 7.03. The molecule has 0 aliphatic rings. The fourth-order valence-corrected chi connectivity index (χ4v) is 2.55. The minimum atomic E-state index is -0.502. The van der Waals surface area contributed by atoms with Crippen molar-refractivity contribution in [1.82, 2.24) is 16.2 Å². The molecule has 3 amide bonds. The second-order valence-electron chi connectivity index (χ2n) is 5.25. The van der Waals surface area contributed by atoms with Gasteiger partial charge in [-0.2, -0.15) is 0 Å². The third kappa shape index (κ3) is 6.68. The fourth-order valence-electron chi connectivity index (χ4n) is 1.86. The van der Waals surface area contributed by atoms with Crippen LogP contribution in [0.2, 0.25) is 0 Å². The van der Waals surface area contributed by atoms with Crippen molar-refractivity contribution in [2.75, 3.05) is 12.3 Å². The minimum absolute atomic E-state index is 0.180. The van der Waals surface area contributed by atoms with Gasteiger partial charge < -0.3 is 5.32 Å². The van der Waals surface area contributed by atoms with Crippen LogP contribution in [-0.4, -0.2) is 30.0 Å². The minimum Gasteiger partial charge on any atom is -0.343 e. The maximum atomic E-state index is 11.8. The van der Waals surface area contributed by atoms with Gasteiger partial charge in [0.1, 0.15) is 0 Å². The molecule has 0 aliphatic heterocycles. The summed E-state index contributed by atoms with van der Waals surface area (Å²) in [4.78, 5) is 36.1. The van der Waals surface area contributed by atoms with Gasteiger partial charge in [0.2, 0.25) is 5.91 Å². The lowest BCUT2D eigenvalue weighted by atomic mass is 10.2. The van der Waals surface area contributed by atoms with Crippen LogP contribution in [0.4, 0.5) is 0 Å². The van der Waals surface area contributed by atoms with Crippen LogP contribution in [-0.2, 0) is 9.59 Å². The van der Waals surface area contributed by atoms with Crippen LogP contribution in [0.25, 0.3) is 0 Å². The van der Waals surface area contributed by atoms with Crippen molar-refractivity contribution >= 4 is 29.5 Å². The number of nitrogens with one attached hydrogen (secondary N) is 3. The van der Waals surface area contributed by atoms with Gasteiger partial charge in [-0.25, -0.2) is 0 Å². The predicted octanol–water partition coefficient (Wildman–Crippen LogP) is 1.66. The highest BCUT2D eigenvalue weighted by Crippen LogP contribution is 2.17. The van der Waals surface area contributed by atoms with E-state index in [4.69, 9.17) is 0 Å². The first kappa shape index (κ1) is 18.5. The van der Waals surface area contributed by atoms with Gasteiger partial charge in [0.25, 0.3) is 11.8 Å². The lowest BCUT2D eigenvalue weighted by Gasteiger charge is -2.08. The summed E-state index contributed by atoms with van der Waals surface area (Å²) < 4.78 is 0. The molecule has 6 nitrogen and oxygen atoms in total. The standard InChI is InChI=1S/C18H19N3O3S/c1-13-7-9-15(10-8-13)25-12-17(23)21-20-16(22)11-19-18(24)14-5-3-2-4-6-14/h2-10H,11-12H2,1H3,(H,19,24)(H,20,22)(H,21,23). The second-order valence-corrected chi connectivity index (χ2v) is 6.30. The van der Waals surface area contributed by atoms with E-state index < -0.39 is 5.91 Å². The van der Waals surface area contributed by atoms with Crippen molar-refractivity contribution in [1.29, 1.82) is 0 Å². The molecule has 0 atom stereocenters. The van der Waals surface area contributed by atoms with Gasteiger partial charge in [0, 0.05) is 10.5 Å². The lowest BCUT2D eigenvalue weighted by Crippen LogP contribution is -2.46. The van der Waals surface area contributed by atoms with E-state index in [0.717, 1.165) is 10.5 Å². The molecule has 0 heterocycles. The number of amides is 3. The smallest absolute Gasteiger partial charge is 0.257 e. The monoisotopic (exact) mass is 357 g/mol. The molecule has 2 aromatic carbocycles. The molecule has 0 aromatic heterocycles. The average Bonchev–Trinajstić information content (AvgIpc) is 2.64. The van der Waals surface area contributed by atoms with Gasteiger partial charge in [0.05, 0.1) is 12.3 Å². The van der Waals surface area contributed by atoms with Crippen LogP contribution in [0.5, 0.6) is 0 Å². The quantitative estimate of drug-likeness (QED) is 0.542. The lowest BCUT2D eigenvalue weighted by molar-refractivity contribution is -0.127. The molecule has 3 N–H and O–H groups in total. The van der Waals surface area contributed by atoms with Crippen LogP contribution in [0.3, 0.4) is 0 Å². The van der Waals surface area contributed by atoms with Gasteiger partial charge in [-0.05, 0) is 31.2 Å². The van der Waals surface area contributed by atoms with Crippen molar-refractivity contribution in [3.05, 3.63) is 65.7 Å². The maximum Gasteiger partial charge on any atom is 0.257 e. The average molecular weight is 357 g/mol. The Morgan fingerprint density at radius 1 is 0.880 bits per heavy atom. The zero-order valence-electron chi connectivity index (χ0n) is 13.7. The van der Waals surface area contributed by atoms with E-state index in [1.165, 1.54) is 11.8 Å². The van der Waals surface area contributed by atoms with Gasteiger partial charge in [-0.1, -0.05) is 35.9 Å². The first-order valence-corrected chi connectivity index (χ1v) is 8.63. The number of thioether (sulfide) groups is 1. The Labute approximate surface area is 150 Å². The molecule has 2 rings (SSSR count). The molecule has 0 aliphatic carbocycles. The number of hydrazine groups is 1. The molecule has 0 saturated carbocycles. The number of hydrogen-bond donors (Lipinski definition) is 3. The zero-order chi connectivity index (χ0) is 18.1. The summed E-state index contributed by atoms with van der Waals surface area (Å²) in [6.45, 7) is 1.77. The van der Waals surface area contributed by atoms with E-state index in [1.54, 1.807) is 30.3 Å². The third-order valence-electron chi connectivity index (χ3n) is 3.18. The van der Waals surface area contributed by atoms with Gasteiger partial charge in [0.15, 0.2) is 0 Å². The van der Waals surface area contributed by atoms with E-state index in [9.17, 15) is 14.4 Å². The Balaban J connectivity index is 1.64. The van der Waals surface area contributed by atoms with E-state index in [2.05, 4.69) is 16.2 Å². The van der Waals surface area contributed by atoms with E-state index >= 15 is 0 Å². The van der Waals surface area contributed by atoms with Gasteiger partial charge in [-0.3, -0.25) is 25.2 Å². The summed E-state index contributed by atoms with van der Waals surface area (Å²) in [6.07, 6.45) is 0. The van der Waals surface area contributed by atoms with Crippen molar-refractivity contribution in [2.24, 2.45) is 0 Å². The Morgan fingerprint density at radius 2 is 1.52 bits per heavy atom. The molecule has 0 spiro atoms.